The summed E-state index contributed by atoms with van der Waals surface area (Å²) in [6.45, 7) is 0.178. The summed E-state index contributed by atoms with van der Waals surface area (Å²) in [6, 6.07) is 22.2. The highest BCUT2D eigenvalue weighted by atomic mass is 19.1. The maximum atomic E-state index is 14.0. The normalized spacial score (nSPS) is 10.8. The van der Waals surface area contributed by atoms with E-state index in [2.05, 4.69) is 20.8 Å². The third-order valence-electron chi connectivity index (χ3n) is 5.48. The van der Waals surface area contributed by atoms with Crippen molar-refractivity contribution in [3.63, 3.8) is 0 Å². The molecule has 0 aliphatic rings. The lowest BCUT2D eigenvalue weighted by Gasteiger charge is -2.08. The van der Waals surface area contributed by atoms with Crippen LogP contribution in [0.3, 0.4) is 0 Å². The van der Waals surface area contributed by atoms with Gasteiger partial charge in [0.25, 0.3) is 11.8 Å². The maximum absolute atomic E-state index is 14.0. The van der Waals surface area contributed by atoms with Gasteiger partial charge in [-0.2, -0.15) is 10.2 Å². The summed E-state index contributed by atoms with van der Waals surface area (Å²) in [5.74, 6) is -1.79. The van der Waals surface area contributed by atoms with Crippen LogP contribution in [0.25, 0.3) is 11.4 Å². The number of carbonyl (C=O) groups excluding carboxylic acids is 2. The first-order chi connectivity index (χ1) is 18.0. The van der Waals surface area contributed by atoms with Gasteiger partial charge in [0, 0.05) is 24.6 Å². The molecule has 2 aromatic heterocycles. The second-order valence-electron chi connectivity index (χ2n) is 8.03. The number of halogens is 2. The van der Waals surface area contributed by atoms with Gasteiger partial charge in [-0.3, -0.25) is 9.59 Å². The molecule has 0 atom stereocenters. The molecule has 0 spiro atoms. The highest BCUT2D eigenvalue weighted by molar-refractivity contribution is 6.02. The van der Waals surface area contributed by atoms with Crippen LogP contribution in [0.2, 0.25) is 0 Å². The number of hydrogen-bond donors (Lipinski definition) is 2. The molecule has 5 aromatic rings. The first kappa shape index (κ1) is 23.6. The third kappa shape index (κ3) is 5.27. The van der Waals surface area contributed by atoms with E-state index in [1.54, 1.807) is 60.7 Å². The Morgan fingerprint density at radius 1 is 0.703 bits per heavy atom. The number of aromatic nitrogens is 4. The van der Waals surface area contributed by atoms with Crippen molar-refractivity contribution in [1.29, 1.82) is 0 Å². The topological polar surface area (TPSA) is 93.8 Å². The van der Waals surface area contributed by atoms with Gasteiger partial charge in [0.2, 0.25) is 0 Å². The van der Waals surface area contributed by atoms with E-state index >= 15 is 0 Å². The van der Waals surface area contributed by atoms with Crippen LogP contribution in [0.4, 0.5) is 14.5 Å². The summed E-state index contributed by atoms with van der Waals surface area (Å²) >= 11 is 0. The van der Waals surface area contributed by atoms with Gasteiger partial charge in [-0.25, -0.2) is 18.1 Å². The monoisotopic (exact) mass is 498 g/mol. The molecular formula is C27H20F2N6O2. The van der Waals surface area contributed by atoms with E-state index in [4.69, 9.17) is 0 Å². The molecular weight excluding hydrogens is 478 g/mol. The highest BCUT2D eigenvalue weighted by Gasteiger charge is 2.14. The molecule has 2 N–H and O–H groups in total. The molecule has 0 saturated heterocycles. The van der Waals surface area contributed by atoms with Crippen molar-refractivity contribution >= 4 is 17.5 Å². The number of benzene rings is 3. The summed E-state index contributed by atoms with van der Waals surface area (Å²) in [7, 11) is 0. The summed E-state index contributed by atoms with van der Waals surface area (Å²) in [6.07, 6.45) is 3.02. The van der Waals surface area contributed by atoms with Gasteiger partial charge in [0.1, 0.15) is 23.0 Å². The maximum Gasteiger partial charge on any atom is 0.276 e. The van der Waals surface area contributed by atoms with Crippen molar-refractivity contribution in [1.82, 2.24) is 24.9 Å². The lowest BCUT2D eigenvalue weighted by atomic mass is 10.2. The van der Waals surface area contributed by atoms with Crippen LogP contribution in [-0.2, 0) is 6.54 Å². The molecule has 0 unspecified atom stereocenters. The molecule has 184 valence electrons. The third-order valence-corrected chi connectivity index (χ3v) is 5.48. The lowest BCUT2D eigenvalue weighted by molar-refractivity contribution is 0.0944. The fourth-order valence-electron chi connectivity index (χ4n) is 3.66. The Morgan fingerprint density at radius 2 is 1.27 bits per heavy atom. The van der Waals surface area contributed by atoms with Gasteiger partial charge in [-0.15, -0.1) is 0 Å². The van der Waals surface area contributed by atoms with Crippen LogP contribution >= 0.6 is 0 Å². The summed E-state index contributed by atoms with van der Waals surface area (Å²) < 4.78 is 30.6. The van der Waals surface area contributed by atoms with Crippen molar-refractivity contribution in [2.45, 2.75) is 6.54 Å². The zero-order valence-electron chi connectivity index (χ0n) is 19.3. The average molecular weight is 498 g/mol. The summed E-state index contributed by atoms with van der Waals surface area (Å²) in [5.41, 5.74) is 1.96. The number of para-hydroxylation sites is 2. The number of anilines is 1. The largest absolute Gasteiger partial charge is 0.347 e. The van der Waals surface area contributed by atoms with E-state index in [1.807, 2.05) is 0 Å². The molecule has 3 aromatic carbocycles. The molecule has 5 rings (SSSR count). The standard InChI is InChI=1S/C27H20F2N6O2/c28-20-8-1-3-10-24(20)34-14-12-22(32-34)26(36)30-17-18-6-5-7-19(16-18)31-27(37)23-13-15-35(33-23)25-11-4-2-9-21(25)29/h1-16H,17H2,(H,30,36)(H,31,37). The fraction of sp³-hybridized carbons (Fsp3) is 0.0370. The zero-order valence-corrected chi connectivity index (χ0v) is 19.3. The number of nitrogens with zero attached hydrogens (tertiary/aromatic N) is 4. The number of hydrogen-bond acceptors (Lipinski definition) is 4. The van der Waals surface area contributed by atoms with Gasteiger partial charge >= 0.3 is 0 Å². The molecule has 2 amide bonds. The minimum Gasteiger partial charge on any atom is -0.347 e. The summed E-state index contributed by atoms with van der Waals surface area (Å²) in [5, 5.41) is 13.8. The molecule has 0 radical (unpaired) electrons. The molecule has 0 saturated carbocycles. The first-order valence-corrected chi connectivity index (χ1v) is 11.3. The smallest absolute Gasteiger partial charge is 0.276 e. The van der Waals surface area contributed by atoms with Gasteiger partial charge in [0.05, 0.1) is 0 Å². The number of amides is 2. The molecule has 2 heterocycles. The Bertz CT molecular complexity index is 1590. The van der Waals surface area contributed by atoms with Crippen LogP contribution in [0, 0.1) is 11.6 Å². The van der Waals surface area contributed by atoms with Crippen molar-refractivity contribution in [2.75, 3.05) is 5.32 Å². The second-order valence-corrected chi connectivity index (χ2v) is 8.03. The van der Waals surface area contributed by atoms with Gasteiger partial charge in [0.15, 0.2) is 11.4 Å². The SMILES string of the molecule is O=C(NCc1cccc(NC(=O)c2ccn(-c3ccccc3F)n2)c1)c1ccn(-c2ccccc2F)n1. The quantitative estimate of drug-likeness (QED) is 0.345. The molecule has 8 nitrogen and oxygen atoms in total. The molecule has 0 aliphatic carbocycles. The van der Waals surface area contributed by atoms with Crippen molar-refractivity contribution in [2.24, 2.45) is 0 Å². The van der Waals surface area contributed by atoms with Gasteiger partial charge in [-0.05, 0) is 54.1 Å². The molecule has 37 heavy (non-hydrogen) atoms. The zero-order chi connectivity index (χ0) is 25.8. The van der Waals surface area contributed by atoms with Crippen molar-refractivity contribution < 1.29 is 18.4 Å². The van der Waals surface area contributed by atoms with E-state index in [9.17, 15) is 18.4 Å². The van der Waals surface area contributed by atoms with Crippen LogP contribution in [0.15, 0.2) is 97.3 Å². The van der Waals surface area contributed by atoms with E-state index in [-0.39, 0.29) is 29.3 Å². The Labute approximate surface area is 210 Å². The fourth-order valence-corrected chi connectivity index (χ4v) is 3.66. The average Bonchev–Trinajstić information content (AvgIpc) is 3.59. The first-order valence-electron chi connectivity index (χ1n) is 11.3. The number of nitrogens with one attached hydrogen (secondary N) is 2. The molecule has 0 fully saturated rings. The summed E-state index contributed by atoms with van der Waals surface area (Å²) in [4.78, 5) is 25.2. The van der Waals surface area contributed by atoms with E-state index in [0.717, 1.165) is 5.56 Å². The Hall–Kier alpha value is -5.12. The van der Waals surface area contributed by atoms with Crippen LogP contribution < -0.4 is 10.6 Å². The Kier molecular flexibility index (Phi) is 6.54. The van der Waals surface area contributed by atoms with Crippen molar-refractivity contribution in [3.8, 4) is 11.4 Å². The van der Waals surface area contributed by atoms with Crippen molar-refractivity contribution in [3.05, 3.63) is 126 Å². The second kappa shape index (κ2) is 10.2. The number of rotatable bonds is 7. The van der Waals surface area contributed by atoms with E-state index in [1.165, 1.54) is 46.0 Å². The minimum absolute atomic E-state index is 0.118. The number of carbonyl (C=O) groups is 2. The van der Waals surface area contributed by atoms with Crippen LogP contribution in [-0.4, -0.2) is 31.4 Å². The minimum atomic E-state index is -0.463. The molecule has 10 heteroatoms. The molecule has 0 bridgehead atoms. The highest BCUT2D eigenvalue weighted by Crippen LogP contribution is 2.16. The van der Waals surface area contributed by atoms with Gasteiger partial charge in [-0.1, -0.05) is 36.4 Å². The molecule has 0 aliphatic heterocycles. The van der Waals surface area contributed by atoms with Crippen LogP contribution in [0.5, 0.6) is 0 Å². The predicted octanol–water partition coefficient (Wildman–Crippen LogP) is 4.52. The van der Waals surface area contributed by atoms with Gasteiger partial charge < -0.3 is 10.6 Å². The van der Waals surface area contributed by atoms with E-state index in [0.29, 0.717) is 5.69 Å². The Balaban J connectivity index is 1.21. The Morgan fingerprint density at radius 3 is 1.86 bits per heavy atom. The predicted molar refractivity (Wildman–Crippen MR) is 133 cm³/mol. The lowest BCUT2D eigenvalue weighted by Crippen LogP contribution is -2.23. The van der Waals surface area contributed by atoms with Crippen LogP contribution in [0.1, 0.15) is 26.5 Å². The van der Waals surface area contributed by atoms with E-state index < -0.39 is 23.4 Å².